The molecule has 2 aromatic heterocycles. The maximum atomic E-state index is 12.5. The Morgan fingerprint density at radius 1 is 1.03 bits per heavy atom. The Bertz CT molecular complexity index is 1720. The van der Waals surface area contributed by atoms with Gasteiger partial charge in [0.05, 0.1) is 15.8 Å². The summed E-state index contributed by atoms with van der Waals surface area (Å²) in [5.41, 5.74) is 5.32. The van der Waals surface area contributed by atoms with Crippen molar-refractivity contribution in [3.63, 3.8) is 0 Å². The number of hydrogen-bond acceptors (Lipinski definition) is 6. The fraction of sp³-hybridized carbons (Fsp3) is 0.200. The van der Waals surface area contributed by atoms with Crippen molar-refractivity contribution in [1.82, 2.24) is 15.0 Å². The van der Waals surface area contributed by atoms with Crippen LogP contribution in [0.25, 0.3) is 43.0 Å². The van der Waals surface area contributed by atoms with E-state index >= 15 is 0 Å². The number of hydrogen-bond donors (Lipinski definition) is 2. The van der Waals surface area contributed by atoms with Crippen molar-refractivity contribution in [2.24, 2.45) is 0 Å². The highest BCUT2D eigenvalue weighted by Gasteiger charge is 2.32. The van der Waals surface area contributed by atoms with E-state index in [2.05, 4.69) is 9.97 Å². The van der Waals surface area contributed by atoms with Gasteiger partial charge in [-0.2, -0.15) is 0 Å². The first-order valence-electron chi connectivity index (χ1n) is 12.3. The molecular formula is C30H26ClN3O4S. The fourth-order valence-corrected chi connectivity index (χ4v) is 5.72. The second kappa shape index (κ2) is 10.4. The summed E-state index contributed by atoms with van der Waals surface area (Å²) in [5, 5.41) is 11.6. The molecule has 3 aromatic carbocycles. The summed E-state index contributed by atoms with van der Waals surface area (Å²) >= 11 is 7.68. The molecule has 198 valence electrons. The number of ether oxygens (including phenoxy) is 1. The van der Waals surface area contributed by atoms with Gasteiger partial charge in [0.2, 0.25) is 0 Å². The smallest absolute Gasteiger partial charge is 0.344 e. The van der Waals surface area contributed by atoms with Crippen LogP contribution >= 0.6 is 22.9 Å². The van der Waals surface area contributed by atoms with E-state index in [9.17, 15) is 14.7 Å². The molecule has 0 spiro atoms. The number of carbonyl (C=O) groups is 1. The van der Waals surface area contributed by atoms with E-state index in [1.807, 2.05) is 70.2 Å². The normalized spacial score (nSPS) is 12.5. The average Bonchev–Trinajstić information content (AvgIpc) is 3.31. The Labute approximate surface area is 234 Å². The van der Waals surface area contributed by atoms with Gasteiger partial charge in [0, 0.05) is 39.7 Å². The maximum Gasteiger partial charge on any atom is 0.344 e. The summed E-state index contributed by atoms with van der Waals surface area (Å²) in [6, 6.07) is 17.1. The minimum atomic E-state index is -1.17. The van der Waals surface area contributed by atoms with Crippen LogP contribution in [0.15, 0.2) is 71.8 Å². The second-order valence-corrected chi connectivity index (χ2v) is 11.6. The molecule has 2 heterocycles. The summed E-state index contributed by atoms with van der Waals surface area (Å²) in [6.45, 7) is 7.42. The fourth-order valence-electron chi connectivity index (χ4n) is 4.47. The van der Waals surface area contributed by atoms with Crippen molar-refractivity contribution in [3.05, 3.63) is 93.6 Å². The Hall–Kier alpha value is -3.85. The van der Waals surface area contributed by atoms with Crippen LogP contribution in [0.1, 0.15) is 38.0 Å². The lowest BCUT2D eigenvalue weighted by molar-refractivity contribution is -0.160. The molecular weight excluding hydrogens is 534 g/mol. The highest BCUT2D eigenvalue weighted by Crippen LogP contribution is 2.44. The van der Waals surface area contributed by atoms with Crippen LogP contribution in [0, 0.1) is 6.92 Å². The number of nitrogens with one attached hydrogen (secondary N) is 1. The van der Waals surface area contributed by atoms with E-state index in [0.29, 0.717) is 10.6 Å². The highest BCUT2D eigenvalue weighted by molar-refractivity contribution is 7.22. The molecule has 0 bridgehead atoms. The first-order chi connectivity index (χ1) is 18.5. The van der Waals surface area contributed by atoms with E-state index in [4.69, 9.17) is 21.3 Å². The zero-order valence-electron chi connectivity index (χ0n) is 21.8. The Kier molecular flexibility index (Phi) is 7.11. The lowest BCUT2D eigenvalue weighted by Crippen LogP contribution is -2.28. The summed E-state index contributed by atoms with van der Waals surface area (Å²) in [4.78, 5) is 35.1. The van der Waals surface area contributed by atoms with Crippen LogP contribution in [0.3, 0.4) is 0 Å². The van der Waals surface area contributed by atoms with Gasteiger partial charge in [-0.25, -0.2) is 19.6 Å². The molecule has 0 amide bonds. The molecule has 5 rings (SSSR count). The number of halogens is 1. The third kappa shape index (κ3) is 5.63. The van der Waals surface area contributed by atoms with Crippen LogP contribution in [0.5, 0.6) is 0 Å². The zero-order valence-corrected chi connectivity index (χ0v) is 23.4. The molecule has 2 N–H and O–H groups in total. The van der Waals surface area contributed by atoms with E-state index < -0.39 is 23.4 Å². The minimum absolute atomic E-state index is 0.394. The van der Waals surface area contributed by atoms with Crippen molar-refractivity contribution in [3.8, 4) is 32.8 Å². The quantitative estimate of drug-likeness (QED) is 0.226. The van der Waals surface area contributed by atoms with E-state index in [1.165, 1.54) is 17.5 Å². The highest BCUT2D eigenvalue weighted by atomic mass is 35.5. The van der Waals surface area contributed by atoms with Crippen molar-refractivity contribution < 1.29 is 14.6 Å². The lowest BCUT2D eigenvalue weighted by Gasteiger charge is -2.28. The van der Waals surface area contributed by atoms with Crippen LogP contribution < -0.4 is 5.69 Å². The van der Waals surface area contributed by atoms with Gasteiger partial charge >= 0.3 is 11.7 Å². The number of carboxylic acid groups (broad SMARTS) is 1. The summed E-state index contributed by atoms with van der Waals surface area (Å²) in [6.07, 6.45) is 1.99. The zero-order chi connectivity index (χ0) is 27.9. The van der Waals surface area contributed by atoms with Crippen LogP contribution in [0.2, 0.25) is 5.02 Å². The number of aliphatic carboxylic acids is 1. The van der Waals surface area contributed by atoms with Crippen LogP contribution in [-0.4, -0.2) is 31.6 Å². The molecule has 1 unspecified atom stereocenters. The average molecular weight is 560 g/mol. The molecule has 0 aliphatic rings. The lowest BCUT2D eigenvalue weighted by atomic mass is 9.91. The van der Waals surface area contributed by atoms with Gasteiger partial charge in [-0.1, -0.05) is 48.0 Å². The van der Waals surface area contributed by atoms with E-state index in [0.717, 1.165) is 48.6 Å². The molecule has 5 aromatic rings. The van der Waals surface area contributed by atoms with Gasteiger partial charge in [0.1, 0.15) is 5.01 Å². The van der Waals surface area contributed by atoms with Crippen molar-refractivity contribution in [2.75, 3.05) is 0 Å². The SMILES string of the molecule is Cc1cc2nc(-c3ccc(-c4cnc(=O)[nH]c4)cc3)sc2c(-c2ccc(Cl)cc2)c1C(OC(C)(C)C)C(=O)O. The van der Waals surface area contributed by atoms with Crippen molar-refractivity contribution in [1.29, 1.82) is 0 Å². The minimum Gasteiger partial charge on any atom is -0.479 e. The predicted molar refractivity (Wildman–Crippen MR) is 155 cm³/mol. The number of carboxylic acids is 1. The Morgan fingerprint density at radius 3 is 2.26 bits per heavy atom. The van der Waals surface area contributed by atoms with Crippen molar-refractivity contribution >= 4 is 39.1 Å². The molecule has 0 aliphatic heterocycles. The van der Waals surface area contributed by atoms with Gasteiger partial charge in [0.25, 0.3) is 0 Å². The number of aryl methyl sites for hydroxylation is 1. The molecule has 0 aliphatic carbocycles. The van der Waals surface area contributed by atoms with Gasteiger partial charge in [-0.15, -0.1) is 11.3 Å². The van der Waals surface area contributed by atoms with Gasteiger partial charge in [-0.05, 0) is 62.6 Å². The van der Waals surface area contributed by atoms with Crippen molar-refractivity contribution in [2.45, 2.75) is 39.4 Å². The number of aromatic amines is 1. The summed E-state index contributed by atoms with van der Waals surface area (Å²) in [7, 11) is 0. The monoisotopic (exact) mass is 559 g/mol. The molecule has 0 saturated heterocycles. The van der Waals surface area contributed by atoms with Gasteiger partial charge < -0.3 is 14.8 Å². The second-order valence-electron chi connectivity index (χ2n) is 10.2. The largest absolute Gasteiger partial charge is 0.479 e. The molecule has 1 atom stereocenters. The first kappa shape index (κ1) is 26.7. The summed E-state index contributed by atoms with van der Waals surface area (Å²) in [5.74, 6) is -1.06. The Morgan fingerprint density at radius 2 is 1.67 bits per heavy atom. The number of rotatable bonds is 6. The third-order valence-electron chi connectivity index (χ3n) is 6.16. The van der Waals surface area contributed by atoms with E-state index in [-0.39, 0.29) is 0 Å². The molecule has 7 nitrogen and oxygen atoms in total. The topological polar surface area (TPSA) is 105 Å². The molecule has 0 saturated carbocycles. The molecule has 0 fully saturated rings. The van der Waals surface area contributed by atoms with Gasteiger partial charge in [0.15, 0.2) is 6.10 Å². The number of aromatic nitrogens is 3. The standard InChI is InChI=1S/C30H26ClN3O4S/c1-16-13-22-26(39-27(34-22)19-7-5-17(6-8-19)20-14-32-29(37)33-15-20)24(18-9-11-21(31)12-10-18)23(16)25(28(35)36)38-30(2,3)4/h5-15,25H,1-4H3,(H,35,36)(H,32,33,37). The van der Waals surface area contributed by atoms with Crippen LogP contribution in [0.4, 0.5) is 0 Å². The third-order valence-corrected chi connectivity index (χ3v) is 7.55. The maximum absolute atomic E-state index is 12.5. The first-order valence-corrected chi connectivity index (χ1v) is 13.5. The number of thiazole rings is 1. The predicted octanol–water partition coefficient (Wildman–Crippen LogP) is 7.28. The molecule has 9 heteroatoms. The van der Waals surface area contributed by atoms with Crippen LogP contribution in [-0.2, 0) is 9.53 Å². The molecule has 0 radical (unpaired) electrons. The number of nitrogens with zero attached hydrogens (tertiary/aromatic N) is 2. The number of benzene rings is 3. The van der Waals surface area contributed by atoms with Gasteiger partial charge in [-0.3, -0.25) is 0 Å². The Balaban J connectivity index is 1.68. The number of H-pyrrole nitrogens is 1. The van der Waals surface area contributed by atoms with E-state index in [1.54, 1.807) is 18.3 Å². The molecule has 39 heavy (non-hydrogen) atoms. The summed E-state index contributed by atoms with van der Waals surface area (Å²) < 4.78 is 6.95. The number of fused-ring (bicyclic) bond motifs is 1.